The van der Waals surface area contributed by atoms with Crippen LogP contribution < -0.4 is 15.4 Å². The SMILES string of the molecule is O=C1NCC2(CCC(C(=O)NC[C@H]3COCCO3)CC2)Oc2ccccc21. The van der Waals surface area contributed by atoms with Crippen molar-refractivity contribution in [2.24, 2.45) is 5.92 Å². The number of hydrogen-bond donors (Lipinski definition) is 2. The Kier molecular flexibility index (Phi) is 5.31. The normalized spacial score (nSPS) is 30.6. The number of carbonyl (C=O) groups excluding carboxylic acids is 2. The maximum atomic E-state index is 12.5. The fourth-order valence-corrected chi connectivity index (χ4v) is 4.05. The summed E-state index contributed by atoms with van der Waals surface area (Å²) in [6.07, 6.45) is 2.90. The number of ether oxygens (including phenoxy) is 3. The molecule has 1 aromatic rings. The summed E-state index contributed by atoms with van der Waals surface area (Å²) in [5.41, 5.74) is 0.142. The summed E-state index contributed by atoms with van der Waals surface area (Å²) in [5, 5.41) is 5.97. The first-order valence-electron chi connectivity index (χ1n) is 9.69. The summed E-state index contributed by atoms with van der Waals surface area (Å²) in [5.74, 6) is 0.567. The third-order valence-corrected chi connectivity index (χ3v) is 5.69. The number of rotatable bonds is 3. The molecule has 1 aromatic carbocycles. The van der Waals surface area contributed by atoms with Crippen LogP contribution in [0.4, 0.5) is 0 Å². The third-order valence-electron chi connectivity index (χ3n) is 5.69. The summed E-state index contributed by atoms with van der Waals surface area (Å²) >= 11 is 0. The van der Waals surface area contributed by atoms with E-state index in [-0.39, 0.29) is 23.8 Å². The number of fused-ring (bicyclic) bond motifs is 1. The van der Waals surface area contributed by atoms with Crippen molar-refractivity contribution >= 4 is 11.8 Å². The van der Waals surface area contributed by atoms with E-state index in [1.165, 1.54) is 0 Å². The predicted octanol–water partition coefficient (Wildman–Crippen LogP) is 1.27. The minimum atomic E-state index is -0.431. The lowest BCUT2D eigenvalue weighted by atomic mass is 9.78. The van der Waals surface area contributed by atoms with E-state index in [2.05, 4.69) is 10.6 Å². The second kappa shape index (κ2) is 7.86. The van der Waals surface area contributed by atoms with Gasteiger partial charge in [-0.2, -0.15) is 0 Å². The molecule has 1 aliphatic carbocycles. The van der Waals surface area contributed by atoms with Crippen LogP contribution in [0, 0.1) is 5.92 Å². The van der Waals surface area contributed by atoms with E-state index in [0.29, 0.717) is 44.2 Å². The van der Waals surface area contributed by atoms with Crippen LogP contribution in [0.2, 0.25) is 0 Å². The predicted molar refractivity (Wildman–Crippen MR) is 97.7 cm³/mol. The monoisotopic (exact) mass is 374 g/mol. The zero-order chi connectivity index (χ0) is 18.7. The number of carbonyl (C=O) groups is 2. The average molecular weight is 374 g/mol. The fourth-order valence-electron chi connectivity index (χ4n) is 4.05. The van der Waals surface area contributed by atoms with Crippen molar-refractivity contribution < 1.29 is 23.8 Å². The van der Waals surface area contributed by atoms with Gasteiger partial charge in [-0.25, -0.2) is 0 Å². The molecule has 7 nitrogen and oxygen atoms in total. The van der Waals surface area contributed by atoms with Crippen LogP contribution in [0.25, 0.3) is 0 Å². The fraction of sp³-hybridized carbons (Fsp3) is 0.600. The molecule has 0 aromatic heterocycles. The lowest BCUT2D eigenvalue weighted by molar-refractivity contribution is -0.130. The Balaban J connectivity index is 1.33. The molecule has 27 heavy (non-hydrogen) atoms. The van der Waals surface area contributed by atoms with Gasteiger partial charge in [0.25, 0.3) is 5.91 Å². The van der Waals surface area contributed by atoms with Gasteiger partial charge in [-0.05, 0) is 37.8 Å². The van der Waals surface area contributed by atoms with E-state index < -0.39 is 5.60 Å². The topological polar surface area (TPSA) is 85.9 Å². The molecule has 4 rings (SSSR count). The molecule has 1 atom stereocenters. The van der Waals surface area contributed by atoms with Gasteiger partial charge in [0, 0.05) is 12.5 Å². The van der Waals surface area contributed by atoms with Crippen molar-refractivity contribution in [2.75, 3.05) is 32.9 Å². The highest BCUT2D eigenvalue weighted by Crippen LogP contribution is 2.38. The van der Waals surface area contributed by atoms with Gasteiger partial charge in [0.2, 0.25) is 5.91 Å². The van der Waals surface area contributed by atoms with Crippen LogP contribution in [-0.4, -0.2) is 56.4 Å². The van der Waals surface area contributed by atoms with Crippen LogP contribution in [0.1, 0.15) is 36.0 Å². The lowest BCUT2D eigenvalue weighted by Crippen LogP contribution is -2.50. The van der Waals surface area contributed by atoms with E-state index in [1.54, 1.807) is 6.07 Å². The van der Waals surface area contributed by atoms with Crippen molar-refractivity contribution in [2.45, 2.75) is 37.4 Å². The molecule has 146 valence electrons. The number of nitrogens with one attached hydrogen (secondary N) is 2. The molecular weight excluding hydrogens is 348 g/mol. The summed E-state index contributed by atoms with van der Waals surface area (Å²) in [6, 6.07) is 7.33. The molecule has 2 heterocycles. The van der Waals surface area contributed by atoms with Crippen molar-refractivity contribution in [1.82, 2.24) is 10.6 Å². The average Bonchev–Trinajstić information content (AvgIpc) is 2.85. The Morgan fingerprint density at radius 2 is 2.04 bits per heavy atom. The van der Waals surface area contributed by atoms with E-state index in [4.69, 9.17) is 14.2 Å². The third kappa shape index (κ3) is 4.09. The van der Waals surface area contributed by atoms with Gasteiger partial charge in [0.15, 0.2) is 0 Å². The van der Waals surface area contributed by atoms with Crippen LogP contribution in [-0.2, 0) is 14.3 Å². The molecule has 2 N–H and O–H groups in total. The Morgan fingerprint density at radius 3 is 2.81 bits per heavy atom. The number of para-hydroxylation sites is 1. The maximum absolute atomic E-state index is 12.5. The molecule has 2 amide bonds. The summed E-state index contributed by atoms with van der Waals surface area (Å²) in [7, 11) is 0. The maximum Gasteiger partial charge on any atom is 0.255 e. The number of benzene rings is 1. The van der Waals surface area contributed by atoms with Gasteiger partial charge in [-0.1, -0.05) is 12.1 Å². The van der Waals surface area contributed by atoms with Crippen molar-refractivity contribution in [3.63, 3.8) is 0 Å². The summed E-state index contributed by atoms with van der Waals surface area (Å²) < 4.78 is 17.2. The van der Waals surface area contributed by atoms with Gasteiger partial charge in [-0.3, -0.25) is 9.59 Å². The molecule has 1 saturated carbocycles. The second-order valence-electron chi connectivity index (χ2n) is 7.55. The van der Waals surface area contributed by atoms with Crippen LogP contribution in [0.3, 0.4) is 0 Å². The molecule has 2 aliphatic heterocycles. The first-order valence-corrected chi connectivity index (χ1v) is 9.69. The minimum Gasteiger partial charge on any atom is -0.485 e. The molecule has 7 heteroatoms. The highest BCUT2D eigenvalue weighted by Gasteiger charge is 2.41. The standard InChI is InChI=1S/C20H26N2O5/c23-18(21-11-15-12-25-9-10-26-15)14-5-7-20(8-6-14)13-22-19(24)16-3-1-2-4-17(16)27-20/h1-4,14-15H,5-13H2,(H,21,23)(H,22,24)/t14?,15-,20?/m0/s1. The quantitative estimate of drug-likeness (QED) is 0.832. The first-order chi connectivity index (χ1) is 13.2. The van der Waals surface area contributed by atoms with Gasteiger partial charge in [0.1, 0.15) is 11.4 Å². The summed E-state index contributed by atoms with van der Waals surface area (Å²) in [6.45, 7) is 2.69. The van der Waals surface area contributed by atoms with E-state index in [1.807, 2.05) is 18.2 Å². The molecule has 0 radical (unpaired) electrons. The largest absolute Gasteiger partial charge is 0.485 e. The van der Waals surface area contributed by atoms with Crippen molar-refractivity contribution in [1.29, 1.82) is 0 Å². The molecule has 1 saturated heterocycles. The molecule has 0 unspecified atom stereocenters. The van der Waals surface area contributed by atoms with E-state index in [0.717, 1.165) is 25.7 Å². The first kappa shape index (κ1) is 18.3. The van der Waals surface area contributed by atoms with E-state index in [9.17, 15) is 9.59 Å². The summed E-state index contributed by atoms with van der Waals surface area (Å²) in [4.78, 5) is 24.8. The van der Waals surface area contributed by atoms with Crippen LogP contribution in [0.5, 0.6) is 5.75 Å². The smallest absolute Gasteiger partial charge is 0.255 e. The Hall–Kier alpha value is -2.12. The van der Waals surface area contributed by atoms with Crippen molar-refractivity contribution in [3.05, 3.63) is 29.8 Å². The molecule has 0 bridgehead atoms. The minimum absolute atomic E-state index is 0.0297. The Bertz CT molecular complexity index is 693. The molecule has 2 fully saturated rings. The Morgan fingerprint density at radius 1 is 1.22 bits per heavy atom. The van der Waals surface area contributed by atoms with Gasteiger partial charge < -0.3 is 24.8 Å². The number of hydrogen-bond acceptors (Lipinski definition) is 5. The van der Waals surface area contributed by atoms with Gasteiger partial charge in [0.05, 0.1) is 38.0 Å². The van der Waals surface area contributed by atoms with Crippen LogP contribution in [0.15, 0.2) is 24.3 Å². The Labute approximate surface area is 158 Å². The molecule has 3 aliphatic rings. The van der Waals surface area contributed by atoms with E-state index >= 15 is 0 Å². The van der Waals surface area contributed by atoms with Gasteiger partial charge >= 0.3 is 0 Å². The van der Waals surface area contributed by atoms with Crippen molar-refractivity contribution in [3.8, 4) is 5.75 Å². The highest BCUT2D eigenvalue weighted by molar-refractivity contribution is 5.97. The zero-order valence-corrected chi connectivity index (χ0v) is 15.4. The molecular formula is C20H26N2O5. The lowest BCUT2D eigenvalue weighted by Gasteiger charge is -2.39. The molecule has 1 spiro atoms. The second-order valence-corrected chi connectivity index (χ2v) is 7.55. The highest BCUT2D eigenvalue weighted by atomic mass is 16.6. The zero-order valence-electron chi connectivity index (χ0n) is 15.4. The van der Waals surface area contributed by atoms with Gasteiger partial charge in [-0.15, -0.1) is 0 Å². The number of amides is 2. The van der Waals surface area contributed by atoms with Crippen LogP contribution >= 0.6 is 0 Å².